The van der Waals surface area contributed by atoms with Gasteiger partial charge in [-0.15, -0.1) is 0 Å². The molecular formula is C16H25NO6. The Balaban J connectivity index is 1.92. The number of aliphatic hydroxyl groups is 2. The Labute approximate surface area is 135 Å². The van der Waals surface area contributed by atoms with E-state index in [0.29, 0.717) is 5.57 Å². The zero-order valence-corrected chi connectivity index (χ0v) is 13.6. The smallest absolute Gasteiger partial charge is 0.337 e. The van der Waals surface area contributed by atoms with Crippen LogP contribution in [-0.4, -0.2) is 71.6 Å². The fourth-order valence-corrected chi connectivity index (χ4v) is 3.23. The molecule has 7 heteroatoms. The average Bonchev–Trinajstić information content (AvgIpc) is 3.14. The molecule has 0 aromatic rings. The Morgan fingerprint density at radius 3 is 2.70 bits per heavy atom. The number of carbonyl (C=O) groups excluding carboxylic acids is 2. The van der Waals surface area contributed by atoms with E-state index >= 15 is 0 Å². The fraction of sp³-hybridized carbons (Fsp3) is 0.750. The molecule has 0 aliphatic carbocycles. The quantitative estimate of drug-likeness (QED) is 0.517. The van der Waals surface area contributed by atoms with Crippen LogP contribution in [0, 0.1) is 5.92 Å². The van der Waals surface area contributed by atoms with Gasteiger partial charge in [0.1, 0.15) is 6.10 Å². The summed E-state index contributed by atoms with van der Waals surface area (Å²) in [5.41, 5.74) is 0.579. The summed E-state index contributed by atoms with van der Waals surface area (Å²) >= 11 is 0. The minimum absolute atomic E-state index is 0.0441. The van der Waals surface area contributed by atoms with Gasteiger partial charge < -0.3 is 19.7 Å². The van der Waals surface area contributed by atoms with E-state index in [1.807, 2.05) is 0 Å². The molecule has 130 valence electrons. The lowest BCUT2D eigenvalue weighted by Crippen LogP contribution is -2.39. The first-order valence-corrected chi connectivity index (χ1v) is 8.01. The van der Waals surface area contributed by atoms with Crippen LogP contribution in [-0.2, 0) is 19.1 Å². The van der Waals surface area contributed by atoms with Gasteiger partial charge in [-0.05, 0) is 33.2 Å². The Morgan fingerprint density at radius 1 is 1.35 bits per heavy atom. The fourth-order valence-electron chi connectivity index (χ4n) is 3.23. The maximum Gasteiger partial charge on any atom is 0.337 e. The average molecular weight is 327 g/mol. The maximum atomic E-state index is 12.0. The number of aliphatic hydroxyl groups excluding tert-OH is 2. The summed E-state index contributed by atoms with van der Waals surface area (Å²) in [5.74, 6) is -1.06. The van der Waals surface area contributed by atoms with E-state index < -0.39 is 18.7 Å². The highest BCUT2D eigenvalue weighted by Gasteiger charge is 2.46. The molecule has 2 fully saturated rings. The van der Waals surface area contributed by atoms with Gasteiger partial charge in [0.25, 0.3) is 0 Å². The van der Waals surface area contributed by atoms with Crippen molar-refractivity contribution in [1.82, 2.24) is 4.90 Å². The molecule has 2 saturated heterocycles. The second-order valence-electron chi connectivity index (χ2n) is 6.11. The Bertz CT molecular complexity index is 477. The van der Waals surface area contributed by atoms with Crippen molar-refractivity contribution in [3.63, 3.8) is 0 Å². The van der Waals surface area contributed by atoms with E-state index in [2.05, 4.69) is 4.90 Å². The van der Waals surface area contributed by atoms with Gasteiger partial charge in [0, 0.05) is 18.0 Å². The van der Waals surface area contributed by atoms with Crippen LogP contribution < -0.4 is 0 Å². The standard InChI is InChI=1S/C16H25NO6/c1-3-10(2)15(20)23-13-5-7-17-6-4-11(14(13)17)9-22-16(21)12(19)8-18/h3,11-14,18-19H,4-9H2,1-2H3/b10-3+/t11-,12?,13-,14?/m1/s1. The summed E-state index contributed by atoms with van der Waals surface area (Å²) in [6.45, 7) is 4.77. The molecule has 0 radical (unpaired) electrons. The zero-order chi connectivity index (χ0) is 17.0. The van der Waals surface area contributed by atoms with Crippen molar-refractivity contribution in [2.45, 2.75) is 44.9 Å². The summed E-state index contributed by atoms with van der Waals surface area (Å²) < 4.78 is 10.7. The Hall–Kier alpha value is -1.44. The molecule has 0 bridgehead atoms. The van der Waals surface area contributed by atoms with E-state index in [9.17, 15) is 14.7 Å². The van der Waals surface area contributed by atoms with Gasteiger partial charge in [0.2, 0.25) is 0 Å². The molecule has 2 heterocycles. The van der Waals surface area contributed by atoms with Crippen LogP contribution in [0.3, 0.4) is 0 Å². The maximum absolute atomic E-state index is 12.0. The molecule has 2 unspecified atom stereocenters. The number of nitrogens with zero attached hydrogens (tertiary/aromatic N) is 1. The van der Waals surface area contributed by atoms with Crippen LogP contribution >= 0.6 is 0 Å². The van der Waals surface area contributed by atoms with Gasteiger partial charge in [-0.3, -0.25) is 4.90 Å². The molecule has 2 N–H and O–H groups in total. The second kappa shape index (κ2) is 7.90. The van der Waals surface area contributed by atoms with Crippen molar-refractivity contribution in [2.24, 2.45) is 5.92 Å². The minimum atomic E-state index is -1.50. The number of ether oxygens (including phenoxy) is 2. The van der Waals surface area contributed by atoms with E-state index in [0.717, 1.165) is 25.9 Å². The first kappa shape index (κ1) is 17.9. The molecule has 2 aliphatic heterocycles. The predicted molar refractivity (Wildman–Crippen MR) is 81.4 cm³/mol. The number of fused-ring (bicyclic) bond motifs is 1. The van der Waals surface area contributed by atoms with Crippen LogP contribution in [0.15, 0.2) is 11.6 Å². The molecular weight excluding hydrogens is 302 g/mol. The number of carbonyl (C=O) groups is 2. The SMILES string of the molecule is C/C=C(\C)C(=O)O[C@@H]1CCN2CC[C@H](COC(=O)C(O)CO)C12. The highest BCUT2D eigenvalue weighted by Crippen LogP contribution is 2.35. The third-order valence-corrected chi connectivity index (χ3v) is 4.67. The van der Waals surface area contributed by atoms with E-state index in [1.54, 1.807) is 19.9 Å². The molecule has 0 aromatic carbocycles. The summed E-state index contributed by atoms with van der Waals surface area (Å²) in [4.78, 5) is 25.7. The van der Waals surface area contributed by atoms with Crippen molar-refractivity contribution >= 4 is 11.9 Å². The summed E-state index contributed by atoms with van der Waals surface area (Å²) in [6.07, 6.45) is 1.65. The van der Waals surface area contributed by atoms with Crippen molar-refractivity contribution in [3.05, 3.63) is 11.6 Å². The Morgan fingerprint density at radius 2 is 2.04 bits per heavy atom. The van der Waals surface area contributed by atoms with Crippen LogP contribution in [0.25, 0.3) is 0 Å². The van der Waals surface area contributed by atoms with E-state index in [1.165, 1.54) is 0 Å². The van der Waals surface area contributed by atoms with Crippen LogP contribution in [0.5, 0.6) is 0 Å². The van der Waals surface area contributed by atoms with E-state index in [-0.39, 0.29) is 30.6 Å². The van der Waals surface area contributed by atoms with Crippen molar-refractivity contribution < 1.29 is 29.3 Å². The first-order valence-electron chi connectivity index (χ1n) is 8.01. The van der Waals surface area contributed by atoms with Gasteiger partial charge in [-0.1, -0.05) is 6.08 Å². The van der Waals surface area contributed by atoms with Gasteiger partial charge >= 0.3 is 11.9 Å². The van der Waals surface area contributed by atoms with Crippen LogP contribution in [0.1, 0.15) is 26.7 Å². The topological polar surface area (TPSA) is 96.3 Å². The van der Waals surface area contributed by atoms with E-state index in [4.69, 9.17) is 14.6 Å². The Kier molecular flexibility index (Phi) is 6.15. The summed E-state index contributed by atoms with van der Waals surface area (Å²) in [5, 5.41) is 18.0. The molecule has 2 aliphatic rings. The second-order valence-corrected chi connectivity index (χ2v) is 6.11. The van der Waals surface area contributed by atoms with Crippen LogP contribution in [0.2, 0.25) is 0 Å². The van der Waals surface area contributed by atoms with Crippen molar-refractivity contribution in [2.75, 3.05) is 26.3 Å². The number of rotatable bonds is 6. The number of esters is 2. The minimum Gasteiger partial charge on any atom is -0.463 e. The van der Waals surface area contributed by atoms with Gasteiger partial charge in [0.05, 0.1) is 19.3 Å². The number of allylic oxidation sites excluding steroid dienone is 1. The lowest BCUT2D eigenvalue weighted by atomic mass is 9.97. The van der Waals surface area contributed by atoms with Crippen LogP contribution in [0.4, 0.5) is 0 Å². The third-order valence-electron chi connectivity index (χ3n) is 4.67. The van der Waals surface area contributed by atoms with Crippen molar-refractivity contribution in [1.29, 1.82) is 0 Å². The molecule has 0 amide bonds. The number of hydrogen-bond donors (Lipinski definition) is 2. The highest BCUT2D eigenvalue weighted by atomic mass is 16.6. The predicted octanol–water partition coefficient (Wildman–Crippen LogP) is -0.145. The van der Waals surface area contributed by atoms with Gasteiger partial charge in [-0.2, -0.15) is 0 Å². The summed E-state index contributed by atoms with van der Waals surface area (Å²) in [7, 11) is 0. The van der Waals surface area contributed by atoms with Crippen molar-refractivity contribution in [3.8, 4) is 0 Å². The molecule has 7 nitrogen and oxygen atoms in total. The number of hydrogen-bond acceptors (Lipinski definition) is 7. The monoisotopic (exact) mass is 327 g/mol. The molecule has 23 heavy (non-hydrogen) atoms. The third kappa shape index (κ3) is 4.10. The zero-order valence-electron chi connectivity index (χ0n) is 13.6. The summed E-state index contributed by atoms with van der Waals surface area (Å²) in [6, 6.07) is 0.0441. The molecule has 4 atom stereocenters. The first-order chi connectivity index (χ1) is 11.0. The lowest BCUT2D eigenvalue weighted by molar-refractivity contribution is -0.158. The largest absolute Gasteiger partial charge is 0.463 e. The molecule has 0 spiro atoms. The van der Waals surface area contributed by atoms with Gasteiger partial charge in [-0.25, -0.2) is 9.59 Å². The normalized spacial score (nSPS) is 29.2. The highest BCUT2D eigenvalue weighted by molar-refractivity contribution is 5.87. The molecule has 0 saturated carbocycles. The van der Waals surface area contributed by atoms with Gasteiger partial charge in [0.15, 0.2) is 6.10 Å². The molecule has 0 aromatic heterocycles. The lowest BCUT2D eigenvalue weighted by Gasteiger charge is -2.26. The molecule has 2 rings (SSSR count).